The molecule has 0 saturated carbocycles. The van der Waals surface area contributed by atoms with E-state index >= 15 is 0 Å². The number of aliphatic hydroxyl groups is 1. The van der Waals surface area contributed by atoms with E-state index in [1.54, 1.807) is 12.1 Å². The van der Waals surface area contributed by atoms with Crippen LogP contribution in [0.2, 0.25) is 0 Å². The van der Waals surface area contributed by atoms with Gasteiger partial charge in [0.25, 0.3) is 5.56 Å². The number of hydrogen-bond acceptors (Lipinski definition) is 4. The summed E-state index contributed by atoms with van der Waals surface area (Å²) in [5.74, 6) is 0. The molecule has 0 saturated heterocycles. The summed E-state index contributed by atoms with van der Waals surface area (Å²) in [7, 11) is 0. The number of para-hydroxylation sites is 1. The number of aromatic nitrogens is 2. The number of nitrogens with zero attached hydrogens (tertiary/aromatic N) is 2. The lowest BCUT2D eigenvalue weighted by Gasteiger charge is -2.26. The van der Waals surface area contributed by atoms with Crippen molar-refractivity contribution in [2.24, 2.45) is 0 Å². The first-order chi connectivity index (χ1) is 12.7. The molecule has 2 aromatic carbocycles. The minimum absolute atomic E-state index is 0.0149. The van der Waals surface area contributed by atoms with E-state index in [1.807, 2.05) is 18.2 Å². The Morgan fingerprint density at radius 2 is 2.00 bits per heavy atom. The Balaban J connectivity index is 1.43. The first kappa shape index (κ1) is 16.9. The van der Waals surface area contributed by atoms with Gasteiger partial charge in [-0.2, -0.15) is 0 Å². The highest BCUT2D eigenvalue weighted by Gasteiger charge is 2.21. The number of hydrogen-bond donors (Lipinski definition) is 1. The molecule has 0 unspecified atom stereocenters. The summed E-state index contributed by atoms with van der Waals surface area (Å²) in [5, 5.41) is 10.9. The molecule has 1 aromatic heterocycles. The molecule has 1 heterocycles. The van der Waals surface area contributed by atoms with Crippen LogP contribution in [-0.4, -0.2) is 27.4 Å². The number of benzene rings is 2. The third kappa shape index (κ3) is 3.41. The molecule has 134 valence electrons. The quantitative estimate of drug-likeness (QED) is 0.768. The van der Waals surface area contributed by atoms with Gasteiger partial charge in [0.2, 0.25) is 0 Å². The zero-order valence-electron chi connectivity index (χ0n) is 14.5. The van der Waals surface area contributed by atoms with Crippen molar-refractivity contribution in [2.75, 3.05) is 6.61 Å². The Hall–Kier alpha value is -2.50. The summed E-state index contributed by atoms with van der Waals surface area (Å²) in [5.41, 5.74) is 3.07. The van der Waals surface area contributed by atoms with Crippen molar-refractivity contribution in [1.29, 1.82) is 0 Å². The van der Waals surface area contributed by atoms with E-state index in [1.165, 1.54) is 22.0 Å². The lowest BCUT2D eigenvalue weighted by molar-refractivity contribution is -0.0228. The van der Waals surface area contributed by atoms with Crippen LogP contribution in [0.1, 0.15) is 30.1 Å². The highest BCUT2D eigenvalue weighted by Crippen LogP contribution is 2.32. The third-order valence-electron chi connectivity index (χ3n) is 4.94. The maximum Gasteiger partial charge on any atom is 0.261 e. The van der Waals surface area contributed by atoms with Gasteiger partial charge >= 0.3 is 0 Å². The second-order valence-corrected chi connectivity index (χ2v) is 6.79. The zero-order valence-corrected chi connectivity index (χ0v) is 14.5. The molecular weight excluding hydrogens is 328 g/mol. The van der Waals surface area contributed by atoms with Gasteiger partial charge in [0.15, 0.2) is 0 Å². The largest absolute Gasteiger partial charge is 0.389 e. The molecule has 0 aliphatic heterocycles. The summed E-state index contributed by atoms with van der Waals surface area (Å²) < 4.78 is 7.43. The van der Waals surface area contributed by atoms with Crippen LogP contribution in [0.5, 0.6) is 0 Å². The summed E-state index contributed by atoms with van der Waals surface area (Å²) >= 11 is 0. The first-order valence-electron chi connectivity index (χ1n) is 9.04. The van der Waals surface area contributed by atoms with E-state index in [9.17, 15) is 9.90 Å². The molecule has 0 spiro atoms. The second-order valence-electron chi connectivity index (χ2n) is 6.79. The fraction of sp³-hybridized carbons (Fsp3) is 0.333. The average molecular weight is 350 g/mol. The molecule has 3 aromatic rings. The van der Waals surface area contributed by atoms with Gasteiger partial charge in [-0.1, -0.05) is 36.4 Å². The number of fused-ring (bicyclic) bond motifs is 2. The van der Waals surface area contributed by atoms with Gasteiger partial charge in [0.05, 0.1) is 42.6 Å². The van der Waals surface area contributed by atoms with Crippen LogP contribution >= 0.6 is 0 Å². The van der Waals surface area contributed by atoms with Crippen molar-refractivity contribution in [3.8, 4) is 0 Å². The molecule has 1 N–H and O–H groups in total. The molecule has 26 heavy (non-hydrogen) atoms. The molecule has 4 rings (SSSR count). The molecular formula is C21H22N2O3. The molecule has 2 atom stereocenters. The minimum Gasteiger partial charge on any atom is -0.389 e. The molecule has 0 amide bonds. The van der Waals surface area contributed by atoms with Crippen molar-refractivity contribution in [3.05, 3.63) is 76.3 Å². The third-order valence-corrected chi connectivity index (χ3v) is 4.94. The predicted octanol–water partition coefficient (Wildman–Crippen LogP) is 2.85. The normalized spacial score (nSPS) is 17.8. The molecule has 0 fully saturated rings. The van der Waals surface area contributed by atoms with Crippen LogP contribution in [0.25, 0.3) is 10.9 Å². The Morgan fingerprint density at radius 1 is 1.19 bits per heavy atom. The van der Waals surface area contributed by atoms with Crippen LogP contribution in [0, 0.1) is 0 Å². The second kappa shape index (κ2) is 7.40. The van der Waals surface area contributed by atoms with E-state index < -0.39 is 6.10 Å². The molecule has 0 bridgehead atoms. The standard InChI is InChI=1S/C21H22N2O3/c24-16(12-23-14-22-19-10-4-3-9-18(19)21(23)25)13-26-20-11-5-7-15-6-1-2-8-17(15)20/h1-4,6,8-10,14,16,20,24H,5,7,11-13H2/t16-,20-/m1/s1. The molecule has 5 nitrogen and oxygen atoms in total. The van der Waals surface area contributed by atoms with Gasteiger partial charge in [0.1, 0.15) is 0 Å². The van der Waals surface area contributed by atoms with Crippen LogP contribution in [0.15, 0.2) is 59.7 Å². The number of aryl methyl sites for hydroxylation is 1. The summed E-state index contributed by atoms with van der Waals surface area (Å²) in [4.78, 5) is 16.8. The fourth-order valence-electron chi connectivity index (χ4n) is 3.63. The maximum atomic E-state index is 12.5. The Bertz CT molecular complexity index is 967. The van der Waals surface area contributed by atoms with E-state index in [0.29, 0.717) is 10.9 Å². The average Bonchev–Trinajstić information content (AvgIpc) is 2.69. The van der Waals surface area contributed by atoms with Crippen molar-refractivity contribution in [3.63, 3.8) is 0 Å². The molecule has 5 heteroatoms. The summed E-state index contributed by atoms with van der Waals surface area (Å²) in [6, 6.07) is 15.5. The van der Waals surface area contributed by atoms with Gasteiger partial charge in [-0.15, -0.1) is 0 Å². The van der Waals surface area contributed by atoms with Crippen molar-refractivity contribution in [2.45, 2.75) is 38.0 Å². The van der Waals surface area contributed by atoms with Crippen LogP contribution in [-0.2, 0) is 17.7 Å². The van der Waals surface area contributed by atoms with Crippen molar-refractivity contribution < 1.29 is 9.84 Å². The van der Waals surface area contributed by atoms with Crippen molar-refractivity contribution >= 4 is 10.9 Å². The number of ether oxygens (including phenoxy) is 1. The SMILES string of the molecule is O=c1c2ccccc2ncn1C[C@@H](O)CO[C@@H]1CCCc2ccccc21. The molecule has 1 aliphatic rings. The lowest BCUT2D eigenvalue weighted by atomic mass is 9.89. The highest BCUT2D eigenvalue weighted by molar-refractivity contribution is 5.76. The van der Waals surface area contributed by atoms with Crippen LogP contribution in [0.3, 0.4) is 0 Å². The topological polar surface area (TPSA) is 64.4 Å². The molecule has 1 aliphatic carbocycles. The Kier molecular flexibility index (Phi) is 4.82. The number of rotatable bonds is 5. The van der Waals surface area contributed by atoms with E-state index in [4.69, 9.17) is 4.74 Å². The zero-order chi connectivity index (χ0) is 17.9. The van der Waals surface area contributed by atoms with Crippen LogP contribution in [0.4, 0.5) is 0 Å². The monoisotopic (exact) mass is 350 g/mol. The summed E-state index contributed by atoms with van der Waals surface area (Å²) in [6.45, 7) is 0.364. The minimum atomic E-state index is -0.759. The Labute approximate surface area is 151 Å². The number of aliphatic hydroxyl groups excluding tert-OH is 1. The van der Waals surface area contributed by atoms with E-state index in [-0.39, 0.29) is 24.8 Å². The van der Waals surface area contributed by atoms with Crippen molar-refractivity contribution in [1.82, 2.24) is 9.55 Å². The van der Waals surface area contributed by atoms with Gasteiger partial charge in [-0.3, -0.25) is 9.36 Å². The fourth-order valence-corrected chi connectivity index (χ4v) is 3.63. The smallest absolute Gasteiger partial charge is 0.261 e. The predicted molar refractivity (Wildman–Crippen MR) is 100 cm³/mol. The van der Waals surface area contributed by atoms with E-state index in [2.05, 4.69) is 23.2 Å². The highest BCUT2D eigenvalue weighted by atomic mass is 16.5. The summed E-state index contributed by atoms with van der Waals surface area (Å²) in [6.07, 6.45) is 3.87. The van der Waals surface area contributed by atoms with Gasteiger partial charge < -0.3 is 9.84 Å². The van der Waals surface area contributed by atoms with E-state index in [0.717, 1.165) is 19.3 Å². The first-order valence-corrected chi connectivity index (χ1v) is 9.04. The van der Waals surface area contributed by atoms with Crippen LogP contribution < -0.4 is 5.56 Å². The van der Waals surface area contributed by atoms with Gasteiger partial charge in [-0.05, 0) is 42.5 Å². The lowest BCUT2D eigenvalue weighted by Crippen LogP contribution is -2.30. The van der Waals surface area contributed by atoms with Gasteiger partial charge in [-0.25, -0.2) is 4.98 Å². The van der Waals surface area contributed by atoms with Gasteiger partial charge in [0, 0.05) is 0 Å². The Morgan fingerprint density at radius 3 is 2.92 bits per heavy atom. The maximum absolute atomic E-state index is 12.5. The molecule has 0 radical (unpaired) electrons.